The molecule has 8 heteroatoms. The van der Waals surface area contributed by atoms with Crippen LogP contribution in [0.4, 0.5) is 5.13 Å². The van der Waals surface area contributed by atoms with Crippen molar-refractivity contribution in [2.45, 2.75) is 6.42 Å². The molecule has 1 saturated heterocycles. The van der Waals surface area contributed by atoms with Gasteiger partial charge >= 0.3 is 0 Å². The van der Waals surface area contributed by atoms with E-state index in [0.29, 0.717) is 28.7 Å². The standard InChI is InChI=1S/C25H29N3O4S/c1-30-21-10-6-11-22(31-2)23(21)24(29)28(13-7-12-27-14-16-32-17-15-27)25-26-20(18-33-25)19-8-4-3-5-9-19/h3-6,8-11,18H,7,12-17H2,1-2H3. The van der Waals surface area contributed by atoms with Crippen LogP contribution in [0.25, 0.3) is 11.3 Å². The van der Waals surface area contributed by atoms with Crippen molar-refractivity contribution in [1.29, 1.82) is 0 Å². The minimum atomic E-state index is -0.180. The van der Waals surface area contributed by atoms with Crippen molar-refractivity contribution in [3.63, 3.8) is 0 Å². The highest BCUT2D eigenvalue weighted by Crippen LogP contribution is 2.33. The molecule has 0 spiro atoms. The van der Waals surface area contributed by atoms with Crippen LogP contribution in [0.1, 0.15) is 16.8 Å². The van der Waals surface area contributed by atoms with Crippen molar-refractivity contribution >= 4 is 22.4 Å². The minimum absolute atomic E-state index is 0.180. The van der Waals surface area contributed by atoms with E-state index in [4.69, 9.17) is 19.2 Å². The van der Waals surface area contributed by atoms with E-state index in [0.717, 1.165) is 50.5 Å². The van der Waals surface area contributed by atoms with Crippen molar-refractivity contribution < 1.29 is 19.0 Å². The average molecular weight is 468 g/mol. The normalized spacial score (nSPS) is 14.1. The molecule has 0 aliphatic carbocycles. The van der Waals surface area contributed by atoms with Gasteiger partial charge < -0.3 is 14.2 Å². The molecule has 7 nitrogen and oxygen atoms in total. The second-order valence-electron chi connectivity index (χ2n) is 7.68. The maximum Gasteiger partial charge on any atom is 0.267 e. The Bertz CT molecular complexity index is 1030. The summed E-state index contributed by atoms with van der Waals surface area (Å²) in [7, 11) is 3.12. The lowest BCUT2D eigenvalue weighted by Gasteiger charge is -2.28. The van der Waals surface area contributed by atoms with E-state index in [1.165, 1.54) is 11.3 Å². The molecule has 0 bridgehead atoms. The van der Waals surface area contributed by atoms with E-state index >= 15 is 0 Å². The van der Waals surface area contributed by atoms with Crippen molar-refractivity contribution in [3.8, 4) is 22.8 Å². The Morgan fingerprint density at radius 2 is 1.76 bits per heavy atom. The van der Waals surface area contributed by atoms with Crippen LogP contribution in [-0.4, -0.2) is 69.4 Å². The van der Waals surface area contributed by atoms with Gasteiger partial charge in [-0.2, -0.15) is 0 Å². The van der Waals surface area contributed by atoms with Gasteiger partial charge in [0, 0.05) is 37.1 Å². The van der Waals surface area contributed by atoms with Gasteiger partial charge in [0.05, 0.1) is 33.1 Å². The Balaban J connectivity index is 1.62. The summed E-state index contributed by atoms with van der Waals surface area (Å²) in [4.78, 5) is 22.8. The Morgan fingerprint density at radius 1 is 1.06 bits per heavy atom. The van der Waals surface area contributed by atoms with Crippen molar-refractivity contribution in [2.24, 2.45) is 0 Å². The van der Waals surface area contributed by atoms with Crippen LogP contribution in [0.15, 0.2) is 53.9 Å². The first-order chi connectivity index (χ1) is 16.2. The number of anilines is 1. The first kappa shape index (κ1) is 23.2. The zero-order chi connectivity index (χ0) is 23.0. The van der Waals surface area contributed by atoms with Crippen LogP contribution in [0.3, 0.4) is 0 Å². The molecule has 1 fully saturated rings. The third-order valence-corrected chi connectivity index (χ3v) is 6.50. The summed E-state index contributed by atoms with van der Waals surface area (Å²) in [5.41, 5.74) is 2.29. The molecule has 174 valence electrons. The monoisotopic (exact) mass is 467 g/mol. The van der Waals surface area contributed by atoms with E-state index < -0.39 is 0 Å². The Morgan fingerprint density at radius 3 is 2.42 bits per heavy atom. The second kappa shape index (κ2) is 11.3. The van der Waals surface area contributed by atoms with Gasteiger partial charge in [-0.15, -0.1) is 11.3 Å². The van der Waals surface area contributed by atoms with E-state index in [1.54, 1.807) is 31.3 Å². The number of carbonyl (C=O) groups is 1. The summed E-state index contributed by atoms with van der Waals surface area (Å²) in [6, 6.07) is 15.4. The molecule has 1 aliphatic heterocycles. The van der Waals surface area contributed by atoms with E-state index in [9.17, 15) is 4.79 Å². The maximum absolute atomic E-state index is 13.8. The fraction of sp³-hybridized carbons (Fsp3) is 0.360. The van der Waals surface area contributed by atoms with E-state index in [2.05, 4.69) is 4.90 Å². The lowest BCUT2D eigenvalue weighted by atomic mass is 10.1. The number of ether oxygens (including phenoxy) is 3. The first-order valence-electron chi connectivity index (χ1n) is 11.0. The zero-order valence-electron chi connectivity index (χ0n) is 19.0. The highest BCUT2D eigenvalue weighted by Gasteiger charge is 2.27. The molecule has 0 N–H and O–H groups in total. The highest BCUT2D eigenvalue weighted by molar-refractivity contribution is 7.14. The quantitative estimate of drug-likeness (QED) is 0.470. The lowest BCUT2D eigenvalue weighted by Crippen LogP contribution is -2.39. The number of nitrogens with zero attached hydrogens (tertiary/aromatic N) is 3. The van der Waals surface area contributed by atoms with Crippen LogP contribution < -0.4 is 14.4 Å². The van der Waals surface area contributed by atoms with Gasteiger partial charge in [-0.3, -0.25) is 14.6 Å². The van der Waals surface area contributed by atoms with Gasteiger partial charge in [0.2, 0.25) is 0 Å². The number of rotatable bonds is 9. The number of amides is 1. The summed E-state index contributed by atoms with van der Waals surface area (Å²) in [6.45, 7) is 4.79. The molecule has 0 unspecified atom stereocenters. The molecule has 4 rings (SSSR count). The maximum atomic E-state index is 13.8. The highest BCUT2D eigenvalue weighted by atomic mass is 32.1. The molecule has 1 aromatic heterocycles. The molecule has 2 heterocycles. The summed E-state index contributed by atoms with van der Waals surface area (Å²) >= 11 is 1.47. The van der Waals surface area contributed by atoms with Crippen LogP contribution in [0, 0.1) is 0 Å². The van der Waals surface area contributed by atoms with Gasteiger partial charge in [-0.1, -0.05) is 36.4 Å². The van der Waals surface area contributed by atoms with Crippen molar-refractivity contribution in [3.05, 3.63) is 59.5 Å². The van der Waals surface area contributed by atoms with Crippen LogP contribution in [0.5, 0.6) is 11.5 Å². The number of hydrogen-bond donors (Lipinski definition) is 0. The predicted octanol–water partition coefficient (Wildman–Crippen LogP) is 4.20. The van der Waals surface area contributed by atoms with E-state index in [1.807, 2.05) is 41.8 Å². The minimum Gasteiger partial charge on any atom is -0.496 e. The smallest absolute Gasteiger partial charge is 0.267 e. The number of thiazole rings is 1. The molecule has 2 aromatic carbocycles. The molecule has 0 radical (unpaired) electrons. The Kier molecular flexibility index (Phi) is 7.93. The van der Waals surface area contributed by atoms with Crippen LogP contribution in [0.2, 0.25) is 0 Å². The molecule has 0 saturated carbocycles. The SMILES string of the molecule is COc1cccc(OC)c1C(=O)N(CCCN1CCOCC1)c1nc(-c2ccccc2)cs1. The van der Waals surface area contributed by atoms with Crippen molar-refractivity contribution in [1.82, 2.24) is 9.88 Å². The van der Waals surface area contributed by atoms with Gasteiger partial charge in [-0.05, 0) is 18.6 Å². The summed E-state index contributed by atoms with van der Waals surface area (Å²) < 4.78 is 16.5. The Labute approximate surface area is 198 Å². The molecule has 1 amide bonds. The van der Waals surface area contributed by atoms with Gasteiger partial charge in [-0.25, -0.2) is 4.98 Å². The summed E-state index contributed by atoms with van der Waals surface area (Å²) in [5, 5.41) is 2.65. The van der Waals surface area contributed by atoms with Crippen molar-refractivity contribution in [2.75, 3.05) is 58.5 Å². The largest absolute Gasteiger partial charge is 0.496 e. The molecule has 33 heavy (non-hydrogen) atoms. The first-order valence-corrected chi connectivity index (χ1v) is 11.9. The molecule has 1 aliphatic rings. The third kappa shape index (κ3) is 5.52. The predicted molar refractivity (Wildman–Crippen MR) is 131 cm³/mol. The average Bonchev–Trinajstić information content (AvgIpc) is 3.37. The number of benzene rings is 2. The Hall–Kier alpha value is -2.94. The van der Waals surface area contributed by atoms with Crippen LogP contribution in [-0.2, 0) is 4.74 Å². The number of aromatic nitrogens is 1. The molecule has 3 aromatic rings. The van der Waals surface area contributed by atoms with Gasteiger partial charge in [0.1, 0.15) is 17.1 Å². The van der Waals surface area contributed by atoms with E-state index in [-0.39, 0.29) is 5.91 Å². The second-order valence-corrected chi connectivity index (χ2v) is 8.52. The molecular formula is C25H29N3O4S. The number of carbonyl (C=O) groups excluding carboxylic acids is 1. The summed E-state index contributed by atoms with van der Waals surface area (Å²) in [5.74, 6) is 0.787. The topological polar surface area (TPSA) is 64.1 Å². The molecular weight excluding hydrogens is 438 g/mol. The van der Waals surface area contributed by atoms with Gasteiger partial charge in [0.15, 0.2) is 5.13 Å². The number of methoxy groups -OCH3 is 2. The summed E-state index contributed by atoms with van der Waals surface area (Å²) in [6.07, 6.45) is 0.823. The lowest BCUT2D eigenvalue weighted by molar-refractivity contribution is 0.0376. The fourth-order valence-electron chi connectivity index (χ4n) is 3.89. The zero-order valence-corrected chi connectivity index (χ0v) is 19.8. The van der Waals surface area contributed by atoms with Crippen LogP contribution >= 0.6 is 11.3 Å². The van der Waals surface area contributed by atoms with Gasteiger partial charge in [0.25, 0.3) is 5.91 Å². The third-order valence-electron chi connectivity index (χ3n) is 5.64. The number of hydrogen-bond acceptors (Lipinski definition) is 7. The fourth-order valence-corrected chi connectivity index (χ4v) is 4.75. The molecule has 0 atom stereocenters. The number of morpholine rings is 1.